The average Bonchev–Trinajstić information content (AvgIpc) is 3.39. The number of nitrogens with zero attached hydrogens (tertiary/aromatic N) is 4. The summed E-state index contributed by atoms with van der Waals surface area (Å²) in [7, 11) is 0. The predicted octanol–water partition coefficient (Wildman–Crippen LogP) is 5.50. The highest BCUT2D eigenvalue weighted by molar-refractivity contribution is 6.35. The van der Waals surface area contributed by atoms with Gasteiger partial charge in [0, 0.05) is 42.4 Å². The van der Waals surface area contributed by atoms with E-state index in [9.17, 15) is 18.3 Å². The molecule has 1 aliphatic heterocycles. The van der Waals surface area contributed by atoms with Crippen LogP contribution >= 0.6 is 11.6 Å². The molecule has 1 aliphatic carbocycles. The predicted molar refractivity (Wildman–Crippen MR) is 126 cm³/mol. The second kappa shape index (κ2) is 11.1. The van der Waals surface area contributed by atoms with Gasteiger partial charge in [0.1, 0.15) is 22.7 Å². The van der Waals surface area contributed by atoms with Gasteiger partial charge in [-0.3, -0.25) is 0 Å². The number of aliphatic hydroxyl groups is 1. The lowest BCUT2D eigenvalue weighted by molar-refractivity contribution is 0.00814. The van der Waals surface area contributed by atoms with Gasteiger partial charge in [0.25, 0.3) is 0 Å². The lowest BCUT2D eigenvalue weighted by atomic mass is 9.98. The summed E-state index contributed by atoms with van der Waals surface area (Å²) in [6.45, 7) is -0.487. The minimum atomic E-state index is -3.67. The molecule has 1 saturated heterocycles. The first-order valence-corrected chi connectivity index (χ1v) is 12.0. The molecule has 1 saturated carbocycles. The van der Waals surface area contributed by atoms with Gasteiger partial charge in [-0.1, -0.05) is 18.0 Å². The molecule has 7 nitrogen and oxygen atoms in total. The number of aromatic nitrogens is 4. The van der Waals surface area contributed by atoms with E-state index in [0.29, 0.717) is 43.0 Å². The van der Waals surface area contributed by atoms with Crippen molar-refractivity contribution >= 4 is 22.5 Å². The third-order valence-corrected chi connectivity index (χ3v) is 6.51. The van der Waals surface area contributed by atoms with Crippen molar-refractivity contribution < 1.29 is 27.8 Å². The Morgan fingerprint density at radius 2 is 2.00 bits per heavy atom. The lowest BCUT2D eigenvalue weighted by Gasteiger charge is -2.22. The van der Waals surface area contributed by atoms with Crippen LogP contribution in [-0.2, 0) is 11.3 Å². The third kappa shape index (κ3) is 6.42. The van der Waals surface area contributed by atoms with Gasteiger partial charge >= 0.3 is 6.68 Å². The molecular formula is C24H28ClF3N4O3. The van der Waals surface area contributed by atoms with E-state index in [0.717, 1.165) is 35.0 Å². The van der Waals surface area contributed by atoms with Gasteiger partial charge in [-0.15, -0.1) is 0 Å². The lowest BCUT2D eigenvalue weighted by Crippen LogP contribution is -2.34. The van der Waals surface area contributed by atoms with E-state index in [1.807, 2.05) is 29.8 Å². The summed E-state index contributed by atoms with van der Waals surface area (Å²) in [5.74, 6) is 1.24. The molecule has 3 aromatic heterocycles. The summed E-state index contributed by atoms with van der Waals surface area (Å²) < 4.78 is 42.7. The van der Waals surface area contributed by atoms with E-state index in [1.54, 1.807) is 6.20 Å². The van der Waals surface area contributed by atoms with E-state index >= 15 is 0 Å². The third-order valence-electron chi connectivity index (χ3n) is 6.22. The van der Waals surface area contributed by atoms with Crippen molar-refractivity contribution in [1.82, 2.24) is 19.5 Å². The molecule has 1 N–H and O–H groups in total. The molecule has 2 fully saturated rings. The number of pyridine rings is 1. The van der Waals surface area contributed by atoms with Crippen LogP contribution in [0.25, 0.3) is 22.2 Å². The molecule has 1 unspecified atom stereocenters. The average molecular weight is 513 g/mol. The zero-order chi connectivity index (χ0) is 25.0. The molecule has 5 rings (SSSR count). The Balaban J connectivity index is 0.000000672. The molecule has 11 heteroatoms. The Hall–Kier alpha value is -2.43. The van der Waals surface area contributed by atoms with Gasteiger partial charge < -0.3 is 19.1 Å². The van der Waals surface area contributed by atoms with Crippen LogP contribution in [0.2, 0.25) is 5.15 Å². The molecule has 190 valence electrons. The summed E-state index contributed by atoms with van der Waals surface area (Å²) in [6.07, 6.45) is 10.3. The topological polar surface area (TPSA) is 82.3 Å². The number of fused-ring (bicyclic) bond motifs is 1. The SMILES string of the molecule is Cc1nc(OC2CCCCC2)cc(-c2cn(CC3(O)CCOC3)c3ccnc(Cl)c23)n1.FC(F)F. The fraction of sp³-hybridized carbons (Fsp3) is 0.542. The Kier molecular flexibility index (Phi) is 8.13. The highest BCUT2D eigenvalue weighted by atomic mass is 35.5. The number of ether oxygens (including phenoxy) is 2. The summed E-state index contributed by atoms with van der Waals surface area (Å²) in [5, 5.41) is 12.1. The van der Waals surface area contributed by atoms with Crippen molar-refractivity contribution in [2.45, 2.75) is 70.4 Å². The molecule has 0 aromatic carbocycles. The van der Waals surface area contributed by atoms with E-state index in [4.69, 9.17) is 21.1 Å². The number of hydrogen-bond donors (Lipinski definition) is 1. The molecule has 2 aliphatic rings. The van der Waals surface area contributed by atoms with E-state index in [1.165, 1.54) is 19.3 Å². The highest BCUT2D eigenvalue weighted by Crippen LogP contribution is 2.36. The first-order valence-electron chi connectivity index (χ1n) is 11.6. The molecule has 0 radical (unpaired) electrons. The highest BCUT2D eigenvalue weighted by Gasteiger charge is 2.33. The maximum atomic E-state index is 10.9. The van der Waals surface area contributed by atoms with Crippen molar-refractivity contribution in [3.63, 3.8) is 0 Å². The van der Waals surface area contributed by atoms with Gasteiger partial charge in [0.15, 0.2) is 0 Å². The smallest absolute Gasteiger partial charge is 0.379 e. The zero-order valence-electron chi connectivity index (χ0n) is 19.4. The Labute approximate surface area is 206 Å². The zero-order valence-corrected chi connectivity index (χ0v) is 20.1. The Bertz CT molecular complexity index is 1150. The van der Waals surface area contributed by atoms with Crippen LogP contribution in [0.15, 0.2) is 24.5 Å². The second-order valence-electron chi connectivity index (χ2n) is 8.96. The van der Waals surface area contributed by atoms with E-state index in [2.05, 4.69) is 15.0 Å². The van der Waals surface area contributed by atoms with Crippen LogP contribution in [0.4, 0.5) is 13.2 Å². The maximum Gasteiger partial charge on any atom is 0.379 e. The number of aryl methyl sites for hydroxylation is 1. The van der Waals surface area contributed by atoms with E-state index < -0.39 is 12.3 Å². The monoisotopic (exact) mass is 512 g/mol. The summed E-state index contributed by atoms with van der Waals surface area (Å²) >= 11 is 6.53. The molecule has 35 heavy (non-hydrogen) atoms. The number of alkyl halides is 3. The van der Waals surface area contributed by atoms with Crippen LogP contribution in [0, 0.1) is 6.92 Å². The first kappa shape index (κ1) is 25.7. The Morgan fingerprint density at radius 3 is 2.69 bits per heavy atom. The fourth-order valence-electron chi connectivity index (χ4n) is 4.66. The first-order chi connectivity index (χ1) is 16.7. The van der Waals surface area contributed by atoms with Crippen LogP contribution in [0.1, 0.15) is 44.3 Å². The second-order valence-corrected chi connectivity index (χ2v) is 9.32. The molecule has 0 amide bonds. The van der Waals surface area contributed by atoms with Crippen LogP contribution in [0.3, 0.4) is 0 Å². The van der Waals surface area contributed by atoms with Gasteiger partial charge in [0.05, 0.1) is 24.4 Å². The molecule has 4 heterocycles. The summed E-state index contributed by atoms with van der Waals surface area (Å²) in [6, 6.07) is 3.80. The summed E-state index contributed by atoms with van der Waals surface area (Å²) in [5.41, 5.74) is 1.61. The van der Waals surface area contributed by atoms with E-state index in [-0.39, 0.29) is 6.10 Å². The molecule has 0 spiro atoms. The van der Waals surface area contributed by atoms with Gasteiger partial charge in [-0.05, 0) is 38.7 Å². The standard InChI is InChI=1S/C23H27ClN4O3.CHF3/c1-15-26-18(11-20(27-15)31-16-5-3-2-4-6-16)17-12-28(13-23(29)8-10-30-14-23)19-7-9-25-22(24)21(17)19;2-1(3)4/h7,9,11-12,16,29H,2-6,8,10,13-14H2,1H3;1H. The number of rotatable bonds is 5. The van der Waals surface area contributed by atoms with Gasteiger partial charge in [-0.25, -0.2) is 9.97 Å². The molecule has 0 bridgehead atoms. The van der Waals surface area contributed by atoms with Crippen molar-refractivity contribution in [3.8, 4) is 17.1 Å². The minimum Gasteiger partial charge on any atom is -0.474 e. The van der Waals surface area contributed by atoms with Gasteiger partial charge in [0.2, 0.25) is 5.88 Å². The summed E-state index contributed by atoms with van der Waals surface area (Å²) in [4.78, 5) is 13.5. The molecule has 3 aromatic rings. The van der Waals surface area contributed by atoms with Crippen molar-refractivity contribution in [1.29, 1.82) is 0 Å². The normalized spacial score (nSPS) is 20.8. The van der Waals surface area contributed by atoms with Gasteiger partial charge in [-0.2, -0.15) is 18.2 Å². The molecule has 1 atom stereocenters. The van der Waals surface area contributed by atoms with Crippen LogP contribution in [0.5, 0.6) is 5.88 Å². The van der Waals surface area contributed by atoms with Crippen molar-refractivity contribution in [3.05, 3.63) is 35.5 Å². The van der Waals surface area contributed by atoms with Crippen LogP contribution in [-0.4, -0.2) is 56.2 Å². The Morgan fingerprint density at radius 1 is 1.26 bits per heavy atom. The molecular weight excluding hydrogens is 485 g/mol. The van der Waals surface area contributed by atoms with Crippen molar-refractivity contribution in [2.75, 3.05) is 13.2 Å². The largest absolute Gasteiger partial charge is 0.474 e. The minimum absolute atomic E-state index is 0.208. The number of hydrogen-bond acceptors (Lipinski definition) is 6. The van der Waals surface area contributed by atoms with Crippen LogP contribution < -0.4 is 4.74 Å². The fourth-order valence-corrected chi connectivity index (χ4v) is 4.92. The van der Waals surface area contributed by atoms with Crippen molar-refractivity contribution in [2.24, 2.45) is 0 Å². The maximum absolute atomic E-state index is 10.9. The quantitative estimate of drug-likeness (QED) is 0.455. The number of halogens is 4.